The van der Waals surface area contributed by atoms with E-state index in [0.29, 0.717) is 25.6 Å². The van der Waals surface area contributed by atoms with E-state index in [9.17, 15) is 5.11 Å². The number of rotatable bonds is 7. The monoisotopic (exact) mass is 280 g/mol. The Morgan fingerprint density at radius 3 is 2.75 bits per heavy atom. The first kappa shape index (κ1) is 15.4. The van der Waals surface area contributed by atoms with E-state index < -0.39 is 6.10 Å². The molecule has 0 aromatic heterocycles. The fourth-order valence-corrected chi connectivity index (χ4v) is 2.56. The van der Waals surface area contributed by atoms with E-state index in [-0.39, 0.29) is 18.8 Å². The van der Waals surface area contributed by atoms with Gasteiger partial charge >= 0.3 is 0 Å². The molecule has 1 aromatic carbocycles. The third-order valence-corrected chi connectivity index (χ3v) is 3.65. The lowest BCUT2D eigenvalue weighted by molar-refractivity contribution is -0.0277. The quantitative estimate of drug-likeness (QED) is 0.799. The summed E-state index contributed by atoms with van der Waals surface area (Å²) in [6.07, 6.45) is 0.421. The second kappa shape index (κ2) is 7.74. The number of ether oxygens (including phenoxy) is 2. The lowest BCUT2D eigenvalue weighted by atomic mass is 10.0. The van der Waals surface area contributed by atoms with Gasteiger partial charge in [-0.1, -0.05) is 37.3 Å². The summed E-state index contributed by atoms with van der Waals surface area (Å²) in [6.45, 7) is 3.32. The second-order valence-electron chi connectivity index (χ2n) is 5.62. The Morgan fingerprint density at radius 1 is 1.35 bits per heavy atom. The van der Waals surface area contributed by atoms with E-state index >= 15 is 0 Å². The maximum absolute atomic E-state index is 9.87. The Morgan fingerprint density at radius 2 is 2.10 bits per heavy atom. The highest BCUT2D eigenvalue weighted by molar-refractivity contribution is 5.13. The molecule has 4 heteroatoms. The molecule has 0 amide bonds. The fourth-order valence-electron chi connectivity index (χ4n) is 2.56. The van der Waals surface area contributed by atoms with Crippen LogP contribution in [0.3, 0.4) is 0 Å². The molecule has 0 aliphatic carbocycles. The van der Waals surface area contributed by atoms with Crippen molar-refractivity contribution in [3.05, 3.63) is 35.9 Å². The van der Waals surface area contributed by atoms with E-state index in [2.05, 4.69) is 6.92 Å². The molecule has 0 saturated carbocycles. The van der Waals surface area contributed by atoms with Gasteiger partial charge in [0, 0.05) is 13.0 Å². The van der Waals surface area contributed by atoms with E-state index in [4.69, 9.17) is 14.6 Å². The summed E-state index contributed by atoms with van der Waals surface area (Å²) in [5.41, 5.74) is 1.16. The van der Waals surface area contributed by atoms with Crippen molar-refractivity contribution in [2.24, 2.45) is 5.92 Å². The molecule has 20 heavy (non-hydrogen) atoms. The van der Waals surface area contributed by atoms with E-state index in [1.807, 2.05) is 30.3 Å². The predicted molar refractivity (Wildman–Crippen MR) is 76.2 cm³/mol. The molecule has 1 aromatic rings. The third kappa shape index (κ3) is 4.56. The minimum Gasteiger partial charge on any atom is -0.394 e. The minimum absolute atomic E-state index is 0.0214. The molecule has 1 fully saturated rings. The molecular weight excluding hydrogens is 256 g/mol. The first-order valence-corrected chi connectivity index (χ1v) is 7.25. The molecule has 4 nitrogen and oxygen atoms in total. The van der Waals surface area contributed by atoms with Crippen LogP contribution in [-0.4, -0.2) is 41.7 Å². The van der Waals surface area contributed by atoms with Crippen molar-refractivity contribution in [2.45, 2.75) is 44.7 Å². The van der Waals surface area contributed by atoms with Crippen molar-refractivity contribution in [1.82, 2.24) is 0 Å². The molecular formula is C16H24O4. The van der Waals surface area contributed by atoms with Gasteiger partial charge in [0.15, 0.2) is 0 Å². The summed E-state index contributed by atoms with van der Waals surface area (Å²) < 4.78 is 11.3. The first-order valence-electron chi connectivity index (χ1n) is 7.25. The van der Waals surface area contributed by atoms with Crippen molar-refractivity contribution in [3.63, 3.8) is 0 Å². The Labute approximate surface area is 120 Å². The van der Waals surface area contributed by atoms with Crippen LogP contribution < -0.4 is 0 Å². The molecule has 2 N–H and O–H groups in total. The van der Waals surface area contributed by atoms with Gasteiger partial charge < -0.3 is 19.7 Å². The van der Waals surface area contributed by atoms with Crippen LogP contribution in [0.5, 0.6) is 0 Å². The number of aliphatic hydroxyl groups excluding tert-OH is 2. The first-order chi connectivity index (χ1) is 9.69. The number of benzene rings is 1. The van der Waals surface area contributed by atoms with Crippen LogP contribution in [0.1, 0.15) is 25.3 Å². The van der Waals surface area contributed by atoms with Crippen LogP contribution in [0, 0.1) is 5.92 Å². The lowest BCUT2D eigenvalue weighted by Gasteiger charge is -2.19. The van der Waals surface area contributed by atoms with Gasteiger partial charge in [-0.2, -0.15) is 0 Å². The van der Waals surface area contributed by atoms with Crippen LogP contribution in [0.4, 0.5) is 0 Å². The third-order valence-electron chi connectivity index (χ3n) is 3.65. The molecule has 1 aliphatic heterocycles. The van der Waals surface area contributed by atoms with Crippen LogP contribution in [0.15, 0.2) is 30.3 Å². The average molecular weight is 280 g/mol. The van der Waals surface area contributed by atoms with Gasteiger partial charge in [0.25, 0.3) is 0 Å². The lowest BCUT2D eigenvalue weighted by Crippen LogP contribution is -2.25. The van der Waals surface area contributed by atoms with Gasteiger partial charge in [0.05, 0.1) is 31.5 Å². The zero-order valence-corrected chi connectivity index (χ0v) is 11.9. The zero-order valence-electron chi connectivity index (χ0n) is 11.9. The molecule has 2 rings (SSSR count). The Hall–Kier alpha value is -0.940. The highest BCUT2D eigenvalue weighted by atomic mass is 16.5. The fraction of sp³-hybridized carbons (Fsp3) is 0.625. The SMILES string of the molecule is CC(COCc1ccccc1)C[C@@H]1O[C@@H](CO)C[C@@H]1O. The molecule has 1 saturated heterocycles. The zero-order chi connectivity index (χ0) is 14.4. The normalized spacial score (nSPS) is 27.6. The summed E-state index contributed by atoms with van der Waals surface area (Å²) in [5.74, 6) is 0.316. The molecule has 0 spiro atoms. The smallest absolute Gasteiger partial charge is 0.0843 e. The van der Waals surface area contributed by atoms with E-state index in [0.717, 1.165) is 12.0 Å². The molecule has 0 radical (unpaired) electrons. The summed E-state index contributed by atoms with van der Waals surface area (Å²) in [6, 6.07) is 10.1. The predicted octanol–water partition coefficient (Wildman–Crippen LogP) is 1.74. The number of hydrogen-bond donors (Lipinski definition) is 2. The van der Waals surface area contributed by atoms with Crippen molar-refractivity contribution in [1.29, 1.82) is 0 Å². The Bertz CT molecular complexity index is 381. The van der Waals surface area contributed by atoms with Crippen LogP contribution in [0.2, 0.25) is 0 Å². The molecule has 1 aliphatic rings. The van der Waals surface area contributed by atoms with Gasteiger partial charge in [-0.25, -0.2) is 0 Å². The number of aliphatic hydroxyl groups is 2. The molecule has 4 atom stereocenters. The van der Waals surface area contributed by atoms with Crippen LogP contribution in [0.25, 0.3) is 0 Å². The maximum Gasteiger partial charge on any atom is 0.0843 e. The van der Waals surface area contributed by atoms with Crippen molar-refractivity contribution in [2.75, 3.05) is 13.2 Å². The Kier molecular flexibility index (Phi) is 5.98. The molecule has 1 heterocycles. The van der Waals surface area contributed by atoms with Gasteiger partial charge in [0.2, 0.25) is 0 Å². The molecule has 0 bridgehead atoms. The van der Waals surface area contributed by atoms with Crippen molar-refractivity contribution >= 4 is 0 Å². The Balaban J connectivity index is 1.67. The van der Waals surface area contributed by atoms with Crippen molar-refractivity contribution in [3.8, 4) is 0 Å². The highest BCUT2D eigenvalue weighted by Gasteiger charge is 2.34. The van der Waals surface area contributed by atoms with Gasteiger partial charge in [0.1, 0.15) is 0 Å². The summed E-state index contributed by atoms with van der Waals surface area (Å²) in [5, 5.41) is 18.9. The summed E-state index contributed by atoms with van der Waals surface area (Å²) in [4.78, 5) is 0. The number of hydrogen-bond acceptors (Lipinski definition) is 4. The van der Waals surface area contributed by atoms with Crippen LogP contribution in [-0.2, 0) is 16.1 Å². The summed E-state index contributed by atoms with van der Waals surface area (Å²) in [7, 11) is 0. The van der Waals surface area contributed by atoms with E-state index in [1.165, 1.54) is 0 Å². The standard InChI is InChI=1S/C16H24O4/c1-12(7-16-15(18)8-14(9-17)20-16)10-19-11-13-5-3-2-4-6-13/h2-6,12,14-18H,7-11H2,1H3/t12?,14-,15+,16+/m1/s1. The minimum atomic E-state index is -0.469. The van der Waals surface area contributed by atoms with Crippen molar-refractivity contribution < 1.29 is 19.7 Å². The largest absolute Gasteiger partial charge is 0.394 e. The average Bonchev–Trinajstić information content (AvgIpc) is 2.80. The van der Waals surface area contributed by atoms with E-state index in [1.54, 1.807) is 0 Å². The second-order valence-corrected chi connectivity index (χ2v) is 5.62. The summed E-state index contributed by atoms with van der Waals surface area (Å²) >= 11 is 0. The maximum atomic E-state index is 9.87. The van der Waals surface area contributed by atoms with Gasteiger partial charge in [-0.3, -0.25) is 0 Å². The molecule has 1 unspecified atom stereocenters. The topological polar surface area (TPSA) is 58.9 Å². The molecule has 112 valence electrons. The van der Waals surface area contributed by atoms with Gasteiger partial charge in [-0.05, 0) is 17.9 Å². The van der Waals surface area contributed by atoms with Crippen LogP contribution >= 0.6 is 0 Å². The highest BCUT2D eigenvalue weighted by Crippen LogP contribution is 2.25. The van der Waals surface area contributed by atoms with Gasteiger partial charge in [-0.15, -0.1) is 0 Å².